The van der Waals surface area contributed by atoms with Crippen molar-refractivity contribution in [2.45, 2.75) is 52.9 Å². The molecule has 0 amide bonds. The van der Waals surface area contributed by atoms with Crippen LogP contribution in [-0.2, 0) is 0 Å². The molecule has 0 saturated heterocycles. The molecule has 0 aromatic rings. The van der Waals surface area contributed by atoms with Crippen LogP contribution >= 0.6 is 0 Å². The van der Waals surface area contributed by atoms with Crippen LogP contribution in [-0.4, -0.2) is 0 Å². The second-order valence-electron chi connectivity index (χ2n) is 3.41. The van der Waals surface area contributed by atoms with Gasteiger partial charge in [-0.1, -0.05) is 51.7 Å². The topological polar surface area (TPSA) is 0 Å². The van der Waals surface area contributed by atoms with Gasteiger partial charge in [-0.25, -0.2) is 0 Å². The fourth-order valence-electron chi connectivity index (χ4n) is 1.23. The smallest absolute Gasteiger partial charge is 0.0325 e. The van der Waals surface area contributed by atoms with E-state index in [4.69, 9.17) is 0 Å². The van der Waals surface area contributed by atoms with Gasteiger partial charge in [-0.3, -0.25) is 0 Å². The fraction of sp³-hybridized carbons (Fsp3) is 0.818. The van der Waals surface area contributed by atoms with Gasteiger partial charge in [0.25, 0.3) is 0 Å². The van der Waals surface area contributed by atoms with Crippen LogP contribution < -0.4 is 0 Å². The van der Waals surface area contributed by atoms with Crippen LogP contribution in [0.15, 0.2) is 12.2 Å². The highest BCUT2D eigenvalue weighted by Gasteiger charge is 1.97. The zero-order valence-corrected chi connectivity index (χ0v) is 8.27. The zero-order valence-electron chi connectivity index (χ0n) is 8.27. The molecule has 0 bridgehead atoms. The highest BCUT2D eigenvalue weighted by Crippen LogP contribution is 2.12. The van der Waals surface area contributed by atoms with Gasteiger partial charge in [0.1, 0.15) is 0 Å². The van der Waals surface area contributed by atoms with E-state index in [-0.39, 0.29) is 0 Å². The second-order valence-corrected chi connectivity index (χ2v) is 3.41. The summed E-state index contributed by atoms with van der Waals surface area (Å²) >= 11 is 0. The van der Waals surface area contributed by atoms with Gasteiger partial charge in [-0.2, -0.15) is 0 Å². The molecule has 0 aromatic heterocycles. The monoisotopic (exact) mass is 154 g/mol. The lowest BCUT2D eigenvalue weighted by Crippen LogP contribution is -1.91. The van der Waals surface area contributed by atoms with Gasteiger partial charge in [0.2, 0.25) is 0 Å². The van der Waals surface area contributed by atoms with Crippen molar-refractivity contribution in [1.29, 1.82) is 0 Å². The third kappa shape index (κ3) is 7.64. The summed E-state index contributed by atoms with van der Waals surface area (Å²) in [4.78, 5) is 0. The van der Waals surface area contributed by atoms with Gasteiger partial charge in [-0.15, -0.1) is 0 Å². The van der Waals surface area contributed by atoms with Crippen LogP contribution in [0.3, 0.4) is 0 Å². The predicted octanol–water partition coefficient (Wildman–Crippen LogP) is 4.17. The van der Waals surface area contributed by atoms with E-state index in [9.17, 15) is 0 Å². The quantitative estimate of drug-likeness (QED) is 0.398. The molecule has 1 atom stereocenters. The Hall–Kier alpha value is -0.260. The molecule has 0 aromatic carbocycles. The van der Waals surface area contributed by atoms with E-state index in [0.29, 0.717) is 0 Å². The maximum atomic E-state index is 2.34. The second kappa shape index (κ2) is 7.84. The summed E-state index contributed by atoms with van der Waals surface area (Å²) in [6, 6.07) is 0. The first-order chi connectivity index (χ1) is 5.31. The van der Waals surface area contributed by atoms with Crippen molar-refractivity contribution in [3.05, 3.63) is 12.2 Å². The third-order valence-corrected chi connectivity index (χ3v) is 2.07. The predicted molar refractivity (Wildman–Crippen MR) is 52.7 cm³/mol. The Bertz CT molecular complexity index is 92.2. The van der Waals surface area contributed by atoms with Crippen LogP contribution in [0.4, 0.5) is 0 Å². The summed E-state index contributed by atoms with van der Waals surface area (Å²) < 4.78 is 0. The van der Waals surface area contributed by atoms with Crippen molar-refractivity contribution >= 4 is 0 Å². The van der Waals surface area contributed by atoms with Gasteiger partial charge in [0, 0.05) is 0 Å². The Morgan fingerprint density at radius 2 is 2.00 bits per heavy atom. The van der Waals surface area contributed by atoms with E-state index in [0.717, 1.165) is 5.92 Å². The van der Waals surface area contributed by atoms with Crippen LogP contribution in [0.25, 0.3) is 0 Å². The summed E-state index contributed by atoms with van der Waals surface area (Å²) in [6.07, 6.45) is 11.2. The molecule has 1 unspecified atom stereocenters. The van der Waals surface area contributed by atoms with Crippen LogP contribution in [0.5, 0.6) is 0 Å². The van der Waals surface area contributed by atoms with E-state index in [1.165, 1.54) is 32.1 Å². The number of allylic oxidation sites excluding steroid dienone is 2. The first-order valence-electron chi connectivity index (χ1n) is 4.92. The van der Waals surface area contributed by atoms with Gasteiger partial charge in [-0.05, 0) is 19.3 Å². The lowest BCUT2D eigenvalue weighted by Gasteiger charge is -2.06. The molecule has 0 radical (unpaired) electrons. The molecular weight excluding hydrogens is 132 g/mol. The van der Waals surface area contributed by atoms with Gasteiger partial charge < -0.3 is 0 Å². The van der Waals surface area contributed by atoms with Crippen molar-refractivity contribution < 1.29 is 0 Å². The minimum absolute atomic E-state index is 0.887. The van der Waals surface area contributed by atoms with Crippen molar-refractivity contribution in [2.75, 3.05) is 0 Å². The van der Waals surface area contributed by atoms with Crippen molar-refractivity contribution in [3.8, 4) is 0 Å². The molecule has 0 rings (SSSR count). The molecule has 0 aliphatic heterocycles. The van der Waals surface area contributed by atoms with Crippen LogP contribution in [0.2, 0.25) is 0 Å². The molecule has 0 saturated carbocycles. The van der Waals surface area contributed by atoms with Crippen molar-refractivity contribution in [3.63, 3.8) is 0 Å². The Kier molecular flexibility index (Phi) is 7.66. The molecule has 66 valence electrons. The third-order valence-electron chi connectivity index (χ3n) is 2.07. The molecule has 0 nitrogen and oxygen atoms in total. The Labute approximate surface area is 71.7 Å². The average Bonchev–Trinajstić information content (AvgIpc) is 2.01. The van der Waals surface area contributed by atoms with Gasteiger partial charge >= 0.3 is 0 Å². The van der Waals surface area contributed by atoms with E-state index in [2.05, 4.69) is 32.9 Å². The minimum Gasteiger partial charge on any atom is -0.0917 e. The maximum absolute atomic E-state index is 2.34. The molecule has 0 heteroatoms. The average molecular weight is 154 g/mol. The first-order valence-corrected chi connectivity index (χ1v) is 4.92. The summed E-state index contributed by atoms with van der Waals surface area (Å²) in [7, 11) is 0. The Balaban J connectivity index is 3.15. The van der Waals surface area contributed by atoms with Crippen LogP contribution in [0, 0.1) is 5.92 Å². The zero-order chi connectivity index (χ0) is 8.53. The number of unbranched alkanes of at least 4 members (excludes halogenated alkanes) is 2. The van der Waals surface area contributed by atoms with Crippen molar-refractivity contribution in [1.82, 2.24) is 0 Å². The maximum Gasteiger partial charge on any atom is -0.0325 e. The molecule has 0 fully saturated rings. The summed E-state index contributed by atoms with van der Waals surface area (Å²) in [5.74, 6) is 0.887. The van der Waals surface area contributed by atoms with Crippen molar-refractivity contribution in [2.24, 2.45) is 5.92 Å². The lowest BCUT2D eigenvalue weighted by molar-refractivity contribution is 0.500. The summed E-state index contributed by atoms with van der Waals surface area (Å²) in [6.45, 7) is 6.70. The highest BCUT2D eigenvalue weighted by molar-refractivity contribution is 4.78. The highest BCUT2D eigenvalue weighted by atomic mass is 14.0. The minimum atomic E-state index is 0.887. The summed E-state index contributed by atoms with van der Waals surface area (Å²) in [5, 5.41) is 0. The molecule has 0 aliphatic rings. The van der Waals surface area contributed by atoms with Gasteiger partial charge in [0.15, 0.2) is 0 Å². The Morgan fingerprint density at radius 3 is 2.55 bits per heavy atom. The normalized spacial score (nSPS) is 14.1. The molecular formula is C11H22. The van der Waals surface area contributed by atoms with E-state index >= 15 is 0 Å². The van der Waals surface area contributed by atoms with E-state index in [1.54, 1.807) is 0 Å². The first kappa shape index (κ1) is 10.7. The molecule has 0 N–H and O–H groups in total. The standard InChI is InChI=1S/C11H22/c1-4-6-8-10-11(3)9-7-5-2/h5,7,11H,4,6,8-10H2,1-3H3/b7-5+. The number of rotatable bonds is 6. The lowest BCUT2D eigenvalue weighted by atomic mass is 10.00. The summed E-state index contributed by atoms with van der Waals surface area (Å²) in [5.41, 5.74) is 0. The fourth-order valence-corrected chi connectivity index (χ4v) is 1.23. The number of hydrogen-bond donors (Lipinski definition) is 0. The molecule has 0 spiro atoms. The molecule has 0 heterocycles. The molecule has 0 aliphatic carbocycles. The van der Waals surface area contributed by atoms with E-state index < -0.39 is 0 Å². The Morgan fingerprint density at radius 1 is 1.27 bits per heavy atom. The SMILES string of the molecule is C/C=C/CC(C)CCCCC. The van der Waals surface area contributed by atoms with Crippen LogP contribution in [0.1, 0.15) is 52.9 Å². The molecule has 11 heavy (non-hydrogen) atoms. The largest absolute Gasteiger partial charge is 0.0917 e. The van der Waals surface area contributed by atoms with E-state index in [1.807, 2.05) is 0 Å². The number of hydrogen-bond acceptors (Lipinski definition) is 0. The van der Waals surface area contributed by atoms with Gasteiger partial charge in [0.05, 0.1) is 0 Å².